The quantitative estimate of drug-likeness (QED) is 0.799. The van der Waals surface area contributed by atoms with Crippen LogP contribution in [0.4, 0.5) is 5.69 Å². The van der Waals surface area contributed by atoms with Crippen LogP contribution in [0.2, 0.25) is 0 Å². The number of amides is 1. The number of hydrogen-bond donors (Lipinski definition) is 2. The molecule has 2 aromatic rings. The maximum atomic E-state index is 12.0. The van der Waals surface area contributed by atoms with Gasteiger partial charge in [-0.2, -0.15) is 0 Å². The summed E-state index contributed by atoms with van der Waals surface area (Å²) in [5.41, 5.74) is 8.16. The molecule has 110 valence electrons. The molecule has 0 radical (unpaired) electrons. The monoisotopic (exact) mass is 318 g/mol. The van der Waals surface area contributed by atoms with Crippen LogP contribution in [0, 0.1) is 6.92 Å². The van der Waals surface area contributed by atoms with Crippen molar-refractivity contribution in [2.24, 2.45) is 5.73 Å². The fourth-order valence-corrected chi connectivity index (χ4v) is 3.21. The second kappa shape index (κ2) is 7.33. The van der Waals surface area contributed by atoms with Crippen molar-refractivity contribution in [2.75, 3.05) is 5.32 Å². The van der Waals surface area contributed by atoms with Gasteiger partial charge < -0.3 is 11.1 Å². The molecule has 0 bridgehead atoms. The molecule has 1 aromatic carbocycles. The second-order valence-electron chi connectivity index (χ2n) is 4.84. The first-order valence-electron chi connectivity index (χ1n) is 6.79. The Kier molecular flexibility index (Phi) is 5.47. The largest absolute Gasteiger partial charge is 0.389 e. The SMILES string of the molecule is Cc1cccc(NC(=O)CCCc2cccs2)c1C(N)=S. The first-order chi connectivity index (χ1) is 10.1. The summed E-state index contributed by atoms with van der Waals surface area (Å²) < 4.78 is 0. The van der Waals surface area contributed by atoms with Crippen molar-refractivity contribution in [1.29, 1.82) is 0 Å². The van der Waals surface area contributed by atoms with E-state index < -0.39 is 0 Å². The lowest BCUT2D eigenvalue weighted by Gasteiger charge is -2.12. The number of aryl methyl sites for hydroxylation is 2. The van der Waals surface area contributed by atoms with Crippen LogP contribution in [0.5, 0.6) is 0 Å². The van der Waals surface area contributed by atoms with E-state index in [1.165, 1.54) is 4.88 Å². The van der Waals surface area contributed by atoms with Crippen molar-refractivity contribution in [2.45, 2.75) is 26.2 Å². The number of carbonyl (C=O) groups is 1. The lowest BCUT2D eigenvalue weighted by molar-refractivity contribution is -0.116. The average Bonchev–Trinajstić information content (AvgIpc) is 2.91. The number of nitrogens with one attached hydrogen (secondary N) is 1. The van der Waals surface area contributed by atoms with E-state index in [1.54, 1.807) is 11.3 Å². The molecular formula is C16H18N2OS2. The highest BCUT2D eigenvalue weighted by atomic mass is 32.1. The number of benzene rings is 1. The Morgan fingerprint density at radius 1 is 1.33 bits per heavy atom. The molecule has 1 amide bonds. The summed E-state index contributed by atoms with van der Waals surface area (Å²) in [7, 11) is 0. The highest BCUT2D eigenvalue weighted by Gasteiger charge is 2.11. The Hall–Kier alpha value is -1.72. The minimum absolute atomic E-state index is 0.00495. The zero-order valence-electron chi connectivity index (χ0n) is 11.9. The summed E-state index contributed by atoms with van der Waals surface area (Å²) >= 11 is 6.78. The molecule has 0 spiro atoms. The molecular weight excluding hydrogens is 300 g/mol. The molecule has 0 unspecified atom stereocenters. The normalized spacial score (nSPS) is 10.3. The van der Waals surface area contributed by atoms with Gasteiger partial charge in [0.15, 0.2) is 0 Å². The lowest BCUT2D eigenvalue weighted by Crippen LogP contribution is -2.18. The topological polar surface area (TPSA) is 55.1 Å². The van der Waals surface area contributed by atoms with Gasteiger partial charge in [0.05, 0.1) is 5.69 Å². The van der Waals surface area contributed by atoms with Gasteiger partial charge in [0.25, 0.3) is 0 Å². The Labute approximate surface area is 134 Å². The molecule has 0 saturated heterocycles. The summed E-state index contributed by atoms with van der Waals surface area (Å²) in [5, 5.41) is 4.96. The number of thiocarbonyl (C=S) groups is 1. The summed E-state index contributed by atoms with van der Waals surface area (Å²) in [5.74, 6) is -0.00495. The molecule has 5 heteroatoms. The number of rotatable bonds is 6. The predicted molar refractivity (Wildman–Crippen MR) is 93.0 cm³/mol. The van der Waals surface area contributed by atoms with Gasteiger partial charge in [0.2, 0.25) is 5.91 Å². The number of thiophene rings is 1. The van der Waals surface area contributed by atoms with Gasteiger partial charge in [-0.1, -0.05) is 30.4 Å². The molecule has 1 heterocycles. The van der Waals surface area contributed by atoms with E-state index in [1.807, 2.05) is 31.2 Å². The molecule has 0 aliphatic carbocycles. The zero-order valence-corrected chi connectivity index (χ0v) is 13.5. The Morgan fingerprint density at radius 2 is 2.14 bits per heavy atom. The van der Waals surface area contributed by atoms with Gasteiger partial charge in [-0.3, -0.25) is 4.79 Å². The Balaban J connectivity index is 1.93. The van der Waals surface area contributed by atoms with Gasteiger partial charge in [-0.05, 0) is 42.8 Å². The third kappa shape index (κ3) is 4.37. The van der Waals surface area contributed by atoms with Crippen LogP contribution < -0.4 is 11.1 Å². The van der Waals surface area contributed by atoms with Crippen LogP contribution in [-0.2, 0) is 11.2 Å². The van der Waals surface area contributed by atoms with Crippen LogP contribution in [0.1, 0.15) is 28.8 Å². The van der Waals surface area contributed by atoms with Crippen LogP contribution in [0.15, 0.2) is 35.7 Å². The summed E-state index contributed by atoms with van der Waals surface area (Å²) in [6.45, 7) is 1.93. The minimum Gasteiger partial charge on any atom is -0.389 e. The molecule has 3 nitrogen and oxygen atoms in total. The third-order valence-electron chi connectivity index (χ3n) is 3.20. The fourth-order valence-electron chi connectivity index (χ4n) is 2.19. The fraction of sp³-hybridized carbons (Fsp3) is 0.250. The molecule has 1 aromatic heterocycles. The van der Waals surface area contributed by atoms with Crippen molar-refractivity contribution < 1.29 is 4.79 Å². The summed E-state index contributed by atoms with van der Waals surface area (Å²) in [6, 6.07) is 9.77. The lowest BCUT2D eigenvalue weighted by atomic mass is 10.1. The molecule has 21 heavy (non-hydrogen) atoms. The Bertz CT molecular complexity index is 636. The van der Waals surface area contributed by atoms with E-state index in [-0.39, 0.29) is 5.91 Å². The van der Waals surface area contributed by atoms with Crippen LogP contribution in [0.25, 0.3) is 0 Å². The second-order valence-corrected chi connectivity index (χ2v) is 6.31. The van der Waals surface area contributed by atoms with Gasteiger partial charge >= 0.3 is 0 Å². The maximum Gasteiger partial charge on any atom is 0.224 e. The van der Waals surface area contributed by atoms with Crippen LogP contribution >= 0.6 is 23.6 Å². The van der Waals surface area contributed by atoms with Gasteiger partial charge in [0, 0.05) is 16.9 Å². The maximum absolute atomic E-state index is 12.0. The van der Waals surface area contributed by atoms with Gasteiger partial charge in [0.1, 0.15) is 4.99 Å². The van der Waals surface area contributed by atoms with Crippen molar-refractivity contribution >= 4 is 40.1 Å². The van der Waals surface area contributed by atoms with Crippen LogP contribution in [0.3, 0.4) is 0 Å². The average molecular weight is 318 g/mol. The smallest absolute Gasteiger partial charge is 0.224 e. The van der Waals surface area contributed by atoms with Gasteiger partial charge in [-0.15, -0.1) is 11.3 Å². The number of hydrogen-bond acceptors (Lipinski definition) is 3. The van der Waals surface area contributed by atoms with Crippen molar-refractivity contribution in [3.8, 4) is 0 Å². The van der Waals surface area contributed by atoms with E-state index >= 15 is 0 Å². The molecule has 0 saturated carbocycles. The van der Waals surface area contributed by atoms with E-state index in [4.69, 9.17) is 18.0 Å². The highest BCUT2D eigenvalue weighted by molar-refractivity contribution is 7.80. The molecule has 2 rings (SSSR count). The molecule has 3 N–H and O–H groups in total. The summed E-state index contributed by atoms with van der Waals surface area (Å²) in [6.07, 6.45) is 2.25. The van der Waals surface area contributed by atoms with E-state index in [2.05, 4.69) is 16.8 Å². The molecule has 0 aliphatic heterocycles. The van der Waals surface area contributed by atoms with Gasteiger partial charge in [-0.25, -0.2) is 0 Å². The highest BCUT2D eigenvalue weighted by Crippen LogP contribution is 2.20. The Morgan fingerprint density at radius 3 is 2.81 bits per heavy atom. The standard InChI is InChI=1S/C16H18N2OS2/c1-11-5-2-8-13(15(11)16(17)20)18-14(19)9-3-6-12-7-4-10-21-12/h2,4-5,7-8,10H,3,6,9H2,1H3,(H2,17,20)(H,18,19). The molecule has 0 atom stereocenters. The first kappa shape index (κ1) is 15.7. The predicted octanol–water partition coefficient (Wildman–Crippen LogP) is 3.65. The number of nitrogens with two attached hydrogens (primary N) is 1. The summed E-state index contributed by atoms with van der Waals surface area (Å²) in [4.78, 5) is 13.7. The van der Waals surface area contributed by atoms with E-state index in [0.717, 1.165) is 24.0 Å². The number of anilines is 1. The minimum atomic E-state index is -0.00495. The van der Waals surface area contributed by atoms with Crippen molar-refractivity contribution in [3.05, 3.63) is 51.7 Å². The first-order valence-corrected chi connectivity index (χ1v) is 8.08. The van der Waals surface area contributed by atoms with Crippen molar-refractivity contribution in [1.82, 2.24) is 0 Å². The third-order valence-corrected chi connectivity index (χ3v) is 4.34. The number of carbonyl (C=O) groups excluding carboxylic acids is 1. The zero-order chi connectivity index (χ0) is 15.2. The molecule has 0 aliphatic rings. The van der Waals surface area contributed by atoms with E-state index in [0.29, 0.717) is 17.1 Å². The van der Waals surface area contributed by atoms with Crippen LogP contribution in [-0.4, -0.2) is 10.9 Å². The molecule has 0 fully saturated rings. The van der Waals surface area contributed by atoms with Crippen molar-refractivity contribution in [3.63, 3.8) is 0 Å². The van der Waals surface area contributed by atoms with E-state index in [9.17, 15) is 4.79 Å².